The van der Waals surface area contributed by atoms with Crippen molar-refractivity contribution in [1.29, 1.82) is 0 Å². The van der Waals surface area contributed by atoms with Crippen molar-refractivity contribution in [2.24, 2.45) is 0 Å². The van der Waals surface area contributed by atoms with E-state index in [0.29, 0.717) is 4.90 Å². The second kappa shape index (κ2) is 3.75. The number of aryl methyl sites for hydroxylation is 1. The van der Waals surface area contributed by atoms with Crippen molar-refractivity contribution < 1.29 is 8.42 Å². The van der Waals surface area contributed by atoms with E-state index in [9.17, 15) is 8.42 Å². The van der Waals surface area contributed by atoms with E-state index in [1.54, 1.807) is 12.1 Å². The van der Waals surface area contributed by atoms with Crippen molar-refractivity contribution in [1.82, 2.24) is 0 Å². The molecule has 3 heteroatoms. The molecule has 0 heterocycles. The summed E-state index contributed by atoms with van der Waals surface area (Å²) < 4.78 is 22.6. The third-order valence-electron chi connectivity index (χ3n) is 1.88. The lowest BCUT2D eigenvalue weighted by Crippen LogP contribution is -1.95. The van der Waals surface area contributed by atoms with Crippen molar-refractivity contribution in [3.63, 3.8) is 0 Å². The number of rotatable bonds is 3. The van der Waals surface area contributed by atoms with Gasteiger partial charge < -0.3 is 0 Å². The summed E-state index contributed by atoms with van der Waals surface area (Å²) in [6, 6.07) is 6.85. The van der Waals surface area contributed by atoms with Crippen LogP contribution in [0.5, 0.6) is 0 Å². The van der Waals surface area contributed by atoms with Crippen molar-refractivity contribution in [2.75, 3.05) is 0 Å². The van der Waals surface area contributed by atoms with Gasteiger partial charge in [-0.05, 0) is 24.1 Å². The number of benzene rings is 1. The molecule has 0 aliphatic carbocycles. The number of hydrogen-bond acceptors (Lipinski definition) is 2. The molecule has 0 saturated carbocycles. The van der Waals surface area contributed by atoms with Gasteiger partial charge in [0.1, 0.15) is 0 Å². The number of sulfone groups is 1. The van der Waals surface area contributed by atoms with Crippen LogP contribution >= 0.6 is 0 Å². The summed E-state index contributed by atoms with van der Waals surface area (Å²) in [6.45, 7) is 5.29. The summed E-state index contributed by atoms with van der Waals surface area (Å²) >= 11 is 0. The van der Waals surface area contributed by atoms with Crippen LogP contribution in [0.25, 0.3) is 0 Å². The SMILES string of the molecule is C=CS(=O)(=O)c1ccc(CC)cc1. The van der Waals surface area contributed by atoms with Crippen LogP contribution in [0, 0.1) is 0 Å². The Hall–Kier alpha value is -1.09. The Labute approximate surface area is 78.8 Å². The van der Waals surface area contributed by atoms with Crippen LogP contribution in [0.15, 0.2) is 41.1 Å². The van der Waals surface area contributed by atoms with Gasteiger partial charge in [-0.2, -0.15) is 0 Å². The van der Waals surface area contributed by atoms with Gasteiger partial charge in [-0.25, -0.2) is 8.42 Å². The van der Waals surface area contributed by atoms with Crippen LogP contribution in [-0.2, 0) is 16.3 Å². The van der Waals surface area contributed by atoms with Crippen molar-refractivity contribution in [3.8, 4) is 0 Å². The first-order valence-electron chi connectivity index (χ1n) is 4.06. The Morgan fingerprint density at radius 3 is 2.23 bits per heavy atom. The Kier molecular flexibility index (Phi) is 2.88. The van der Waals surface area contributed by atoms with Gasteiger partial charge in [0, 0.05) is 5.41 Å². The molecule has 1 aromatic carbocycles. The molecular weight excluding hydrogens is 184 g/mol. The summed E-state index contributed by atoms with van der Waals surface area (Å²) in [7, 11) is -3.26. The van der Waals surface area contributed by atoms with Crippen molar-refractivity contribution in [2.45, 2.75) is 18.2 Å². The average Bonchev–Trinajstić information content (AvgIpc) is 2.18. The van der Waals surface area contributed by atoms with Crippen LogP contribution in [0.1, 0.15) is 12.5 Å². The van der Waals surface area contributed by atoms with Crippen LogP contribution < -0.4 is 0 Å². The molecule has 0 bridgehead atoms. The molecule has 0 atom stereocenters. The van der Waals surface area contributed by atoms with Gasteiger partial charge in [0.05, 0.1) is 4.90 Å². The molecule has 0 unspecified atom stereocenters. The molecule has 1 rings (SSSR count). The molecule has 0 aliphatic rings. The molecule has 0 amide bonds. The molecule has 0 N–H and O–H groups in total. The third-order valence-corrected chi connectivity index (χ3v) is 3.25. The first-order chi connectivity index (χ1) is 6.10. The molecule has 0 aromatic heterocycles. The second-order valence-electron chi connectivity index (χ2n) is 2.71. The van der Waals surface area contributed by atoms with E-state index in [4.69, 9.17) is 0 Å². The molecule has 0 radical (unpaired) electrons. The van der Waals surface area contributed by atoms with Crippen LogP contribution in [0.4, 0.5) is 0 Å². The average molecular weight is 196 g/mol. The summed E-state index contributed by atoms with van der Waals surface area (Å²) in [5, 5.41) is 0.966. The first kappa shape index (κ1) is 9.99. The molecule has 0 spiro atoms. The quantitative estimate of drug-likeness (QED) is 0.742. The van der Waals surface area contributed by atoms with E-state index in [1.807, 2.05) is 19.1 Å². The molecule has 70 valence electrons. The Bertz CT molecular complexity index is 387. The van der Waals surface area contributed by atoms with E-state index < -0.39 is 9.84 Å². The highest BCUT2D eigenvalue weighted by Gasteiger charge is 2.07. The van der Waals surface area contributed by atoms with Gasteiger partial charge in [-0.3, -0.25) is 0 Å². The Balaban J connectivity index is 3.13. The zero-order valence-electron chi connectivity index (χ0n) is 7.53. The van der Waals surface area contributed by atoms with E-state index in [0.717, 1.165) is 17.4 Å². The lowest BCUT2D eigenvalue weighted by atomic mass is 10.2. The maximum atomic E-state index is 11.3. The minimum absolute atomic E-state index is 0.305. The Morgan fingerprint density at radius 2 is 1.85 bits per heavy atom. The maximum absolute atomic E-state index is 11.3. The number of hydrogen-bond donors (Lipinski definition) is 0. The van der Waals surface area contributed by atoms with Crippen LogP contribution in [-0.4, -0.2) is 8.42 Å². The molecular formula is C10H12O2S. The van der Waals surface area contributed by atoms with Gasteiger partial charge in [0.2, 0.25) is 0 Å². The van der Waals surface area contributed by atoms with Crippen molar-refractivity contribution >= 4 is 9.84 Å². The van der Waals surface area contributed by atoms with Gasteiger partial charge >= 0.3 is 0 Å². The van der Waals surface area contributed by atoms with Crippen molar-refractivity contribution in [3.05, 3.63) is 41.8 Å². The highest BCUT2D eigenvalue weighted by Crippen LogP contribution is 2.12. The summed E-state index contributed by atoms with van der Waals surface area (Å²) in [4.78, 5) is 0.305. The minimum Gasteiger partial charge on any atom is -0.219 e. The molecule has 0 fully saturated rings. The minimum atomic E-state index is -3.26. The lowest BCUT2D eigenvalue weighted by molar-refractivity contribution is 0.604. The van der Waals surface area contributed by atoms with Gasteiger partial charge in [-0.1, -0.05) is 25.6 Å². The lowest BCUT2D eigenvalue weighted by Gasteiger charge is -1.99. The normalized spacial score (nSPS) is 11.2. The largest absolute Gasteiger partial charge is 0.219 e. The fraction of sp³-hybridized carbons (Fsp3) is 0.200. The monoisotopic (exact) mass is 196 g/mol. The third kappa shape index (κ3) is 2.18. The first-order valence-corrected chi connectivity index (χ1v) is 5.61. The highest BCUT2D eigenvalue weighted by molar-refractivity contribution is 7.94. The molecule has 0 saturated heterocycles. The zero-order chi connectivity index (χ0) is 9.90. The fourth-order valence-electron chi connectivity index (χ4n) is 1.01. The zero-order valence-corrected chi connectivity index (χ0v) is 8.34. The highest BCUT2D eigenvalue weighted by atomic mass is 32.2. The van der Waals surface area contributed by atoms with Gasteiger partial charge in [0.15, 0.2) is 9.84 Å². The molecule has 13 heavy (non-hydrogen) atoms. The molecule has 2 nitrogen and oxygen atoms in total. The van der Waals surface area contributed by atoms with Gasteiger partial charge in [0.25, 0.3) is 0 Å². The van der Waals surface area contributed by atoms with E-state index in [-0.39, 0.29) is 0 Å². The van der Waals surface area contributed by atoms with E-state index in [2.05, 4.69) is 6.58 Å². The molecule has 1 aromatic rings. The topological polar surface area (TPSA) is 34.1 Å². The summed E-state index contributed by atoms with van der Waals surface area (Å²) in [5.74, 6) is 0. The van der Waals surface area contributed by atoms with Gasteiger partial charge in [-0.15, -0.1) is 0 Å². The summed E-state index contributed by atoms with van der Waals surface area (Å²) in [5.41, 5.74) is 1.13. The standard InChI is InChI=1S/C10H12O2S/c1-3-9-5-7-10(8-6-9)13(11,12)4-2/h4-8H,2-3H2,1H3. The predicted molar refractivity (Wildman–Crippen MR) is 53.2 cm³/mol. The maximum Gasteiger partial charge on any atom is 0.199 e. The van der Waals surface area contributed by atoms with E-state index >= 15 is 0 Å². The summed E-state index contributed by atoms with van der Waals surface area (Å²) in [6.07, 6.45) is 0.911. The van der Waals surface area contributed by atoms with Crippen LogP contribution in [0.3, 0.4) is 0 Å². The Morgan fingerprint density at radius 1 is 1.31 bits per heavy atom. The molecule has 0 aliphatic heterocycles. The second-order valence-corrected chi connectivity index (χ2v) is 4.60. The van der Waals surface area contributed by atoms with E-state index in [1.165, 1.54) is 0 Å². The fourth-order valence-corrected chi connectivity index (χ4v) is 1.72. The predicted octanol–water partition coefficient (Wildman–Crippen LogP) is 2.17. The van der Waals surface area contributed by atoms with Crippen LogP contribution in [0.2, 0.25) is 0 Å². The smallest absolute Gasteiger partial charge is 0.199 e.